The second-order valence-electron chi connectivity index (χ2n) is 5.15. The van der Waals surface area contributed by atoms with Crippen molar-refractivity contribution in [2.24, 2.45) is 0 Å². The van der Waals surface area contributed by atoms with Crippen LogP contribution in [0.5, 0.6) is 0 Å². The molecule has 0 fully saturated rings. The topological polar surface area (TPSA) is 69.2 Å². The second kappa shape index (κ2) is 6.95. The summed E-state index contributed by atoms with van der Waals surface area (Å²) in [5, 5.41) is 9.85. The van der Waals surface area contributed by atoms with Gasteiger partial charge in [0.25, 0.3) is 5.91 Å². The molecule has 2 rings (SSSR count). The predicted octanol–water partition coefficient (Wildman–Crippen LogP) is 1.94. The number of imidazole rings is 1. The maximum absolute atomic E-state index is 12.1. The highest BCUT2D eigenvalue weighted by molar-refractivity contribution is 7.98. The number of aromatic nitrogens is 2. The zero-order valence-electron chi connectivity index (χ0n) is 12.6. The highest BCUT2D eigenvalue weighted by atomic mass is 32.2. The highest BCUT2D eigenvalue weighted by Crippen LogP contribution is 2.16. The Morgan fingerprint density at radius 1 is 1.52 bits per heavy atom. The summed E-state index contributed by atoms with van der Waals surface area (Å²) in [4.78, 5) is 21.3. The zero-order chi connectivity index (χ0) is 15.4. The number of thioether (sulfide) groups is 1. The van der Waals surface area contributed by atoms with E-state index in [1.165, 1.54) is 4.90 Å². The Hall–Kier alpha value is -1.53. The standard InChI is InChI=1S/C15H21N3O2S/c1-10-5-4-6-11-14(10)17-13(16-11)9-18(2)15(20)12(19)7-8-21-3/h4-6,12,19H,7-9H2,1-3H3,(H,16,17)/t12-/m0/s1. The zero-order valence-corrected chi connectivity index (χ0v) is 13.4. The average Bonchev–Trinajstić information content (AvgIpc) is 2.87. The molecule has 0 aliphatic rings. The number of carbonyl (C=O) groups is 1. The van der Waals surface area contributed by atoms with Crippen LogP contribution in [0.15, 0.2) is 18.2 Å². The molecule has 5 nitrogen and oxygen atoms in total. The van der Waals surface area contributed by atoms with Gasteiger partial charge in [-0.25, -0.2) is 4.98 Å². The van der Waals surface area contributed by atoms with Crippen molar-refractivity contribution in [3.8, 4) is 0 Å². The van der Waals surface area contributed by atoms with Crippen LogP contribution in [0.3, 0.4) is 0 Å². The number of hydrogen-bond donors (Lipinski definition) is 2. The Labute approximate surface area is 128 Å². The van der Waals surface area contributed by atoms with Crippen LogP contribution in [-0.2, 0) is 11.3 Å². The lowest BCUT2D eigenvalue weighted by Gasteiger charge is -2.19. The Kier molecular flexibility index (Phi) is 5.25. The van der Waals surface area contributed by atoms with Crippen molar-refractivity contribution in [3.05, 3.63) is 29.6 Å². The molecule has 0 saturated heterocycles. The third-order valence-electron chi connectivity index (χ3n) is 3.41. The lowest BCUT2D eigenvalue weighted by molar-refractivity contribution is -0.139. The molecule has 114 valence electrons. The van der Waals surface area contributed by atoms with Gasteiger partial charge in [-0.15, -0.1) is 0 Å². The lowest BCUT2D eigenvalue weighted by Crippen LogP contribution is -2.36. The number of fused-ring (bicyclic) bond motifs is 1. The summed E-state index contributed by atoms with van der Waals surface area (Å²) in [5.41, 5.74) is 2.99. The normalized spacial score (nSPS) is 12.6. The van der Waals surface area contributed by atoms with Gasteiger partial charge in [0, 0.05) is 7.05 Å². The first-order valence-corrected chi connectivity index (χ1v) is 8.28. The predicted molar refractivity (Wildman–Crippen MR) is 86.3 cm³/mol. The maximum Gasteiger partial charge on any atom is 0.251 e. The van der Waals surface area contributed by atoms with Gasteiger partial charge in [0.1, 0.15) is 11.9 Å². The molecule has 0 saturated carbocycles. The quantitative estimate of drug-likeness (QED) is 0.856. The van der Waals surface area contributed by atoms with Crippen molar-refractivity contribution in [2.45, 2.75) is 26.0 Å². The highest BCUT2D eigenvalue weighted by Gasteiger charge is 2.20. The van der Waals surface area contributed by atoms with E-state index in [0.717, 1.165) is 28.2 Å². The number of carbonyl (C=O) groups excluding carboxylic acids is 1. The fraction of sp³-hybridized carbons (Fsp3) is 0.467. The van der Waals surface area contributed by atoms with Gasteiger partial charge < -0.3 is 15.0 Å². The van der Waals surface area contributed by atoms with E-state index in [1.807, 2.05) is 31.4 Å². The van der Waals surface area contributed by atoms with Gasteiger partial charge in [0.15, 0.2) is 0 Å². The number of nitrogens with one attached hydrogen (secondary N) is 1. The summed E-state index contributed by atoms with van der Waals surface area (Å²) >= 11 is 1.62. The number of aliphatic hydroxyl groups is 1. The Balaban J connectivity index is 2.05. The van der Waals surface area contributed by atoms with E-state index < -0.39 is 6.10 Å². The first-order chi connectivity index (χ1) is 10.0. The molecule has 1 aromatic carbocycles. The van der Waals surface area contributed by atoms with Gasteiger partial charge in [0.2, 0.25) is 0 Å². The van der Waals surface area contributed by atoms with Crippen LogP contribution in [-0.4, -0.2) is 51.0 Å². The molecule has 2 N–H and O–H groups in total. The van der Waals surface area contributed by atoms with Crippen molar-refractivity contribution in [2.75, 3.05) is 19.1 Å². The molecule has 0 aliphatic carbocycles. The van der Waals surface area contributed by atoms with Gasteiger partial charge in [-0.2, -0.15) is 11.8 Å². The molecular formula is C15H21N3O2S. The van der Waals surface area contributed by atoms with Crippen molar-refractivity contribution in [3.63, 3.8) is 0 Å². The van der Waals surface area contributed by atoms with E-state index in [1.54, 1.807) is 18.8 Å². The van der Waals surface area contributed by atoms with Gasteiger partial charge in [-0.1, -0.05) is 12.1 Å². The van der Waals surface area contributed by atoms with Crippen LogP contribution < -0.4 is 0 Å². The Morgan fingerprint density at radius 3 is 2.95 bits per heavy atom. The molecule has 1 aromatic heterocycles. The number of nitrogens with zero attached hydrogens (tertiary/aromatic N) is 2. The number of rotatable bonds is 6. The summed E-state index contributed by atoms with van der Waals surface area (Å²) in [6, 6.07) is 5.95. The average molecular weight is 307 g/mol. The van der Waals surface area contributed by atoms with Gasteiger partial charge >= 0.3 is 0 Å². The van der Waals surface area contributed by atoms with Crippen molar-refractivity contribution >= 4 is 28.7 Å². The molecule has 1 heterocycles. The number of aliphatic hydroxyl groups excluding tert-OH is 1. The van der Waals surface area contributed by atoms with E-state index in [-0.39, 0.29) is 5.91 Å². The monoisotopic (exact) mass is 307 g/mol. The molecule has 21 heavy (non-hydrogen) atoms. The molecular weight excluding hydrogens is 286 g/mol. The molecule has 1 amide bonds. The van der Waals surface area contributed by atoms with E-state index in [4.69, 9.17) is 0 Å². The van der Waals surface area contributed by atoms with E-state index in [2.05, 4.69) is 9.97 Å². The molecule has 6 heteroatoms. The Bertz CT molecular complexity index is 626. The molecule has 0 bridgehead atoms. The molecule has 2 aromatic rings. The van der Waals surface area contributed by atoms with Crippen molar-refractivity contribution in [1.82, 2.24) is 14.9 Å². The Morgan fingerprint density at radius 2 is 2.29 bits per heavy atom. The summed E-state index contributed by atoms with van der Waals surface area (Å²) in [6.45, 7) is 2.37. The molecule has 0 aliphatic heterocycles. The largest absolute Gasteiger partial charge is 0.383 e. The van der Waals surface area contributed by atoms with Crippen LogP contribution in [0, 0.1) is 6.92 Å². The minimum atomic E-state index is -0.937. The van der Waals surface area contributed by atoms with Crippen LogP contribution >= 0.6 is 11.8 Å². The minimum absolute atomic E-state index is 0.263. The molecule has 0 radical (unpaired) electrons. The van der Waals surface area contributed by atoms with E-state index in [9.17, 15) is 9.90 Å². The number of likely N-dealkylation sites (N-methyl/N-ethyl adjacent to an activating group) is 1. The number of aryl methyl sites for hydroxylation is 1. The molecule has 0 spiro atoms. The fourth-order valence-electron chi connectivity index (χ4n) is 2.21. The van der Waals surface area contributed by atoms with Gasteiger partial charge in [0.05, 0.1) is 17.6 Å². The van der Waals surface area contributed by atoms with Crippen LogP contribution in [0.4, 0.5) is 0 Å². The number of amides is 1. The van der Waals surface area contributed by atoms with E-state index >= 15 is 0 Å². The third kappa shape index (κ3) is 3.77. The minimum Gasteiger partial charge on any atom is -0.383 e. The number of aromatic amines is 1. The number of H-pyrrole nitrogens is 1. The number of benzene rings is 1. The summed E-state index contributed by atoms with van der Waals surface area (Å²) < 4.78 is 0. The fourth-order valence-corrected chi connectivity index (χ4v) is 2.67. The first kappa shape index (κ1) is 15.9. The number of para-hydroxylation sites is 1. The van der Waals surface area contributed by atoms with Crippen LogP contribution in [0.1, 0.15) is 17.8 Å². The van der Waals surface area contributed by atoms with Crippen LogP contribution in [0.25, 0.3) is 11.0 Å². The summed E-state index contributed by atoms with van der Waals surface area (Å²) in [7, 11) is 1.69. The molecule has 1 atom stereocenters. The summed E-state index contributed by atoms with van der Waals surface area (Å²) in [6.07, 6.45) is 1.50. The molecule has 0 unspecified atom stereocenters. The smallest absolute Gasteiger partial charge is 0.251 e. The van der Waals surface area contributed by atoms with Gasteiger partial charge in [-0.05, 0) is 37.0 Å². The number of hydrogen-bond acceptors (Lipinski definition) is 4. The van der Waals surface area contributed by atoms with Gasteiger partial charge in [-0.3, -0.25) is 4.79 Å². The van der Waals surface area contributed by atoms with E-state index in [0.29, 0.717) is 13.0 Å². The van der Waals surface area contributed by atoms with Crippen LogP contribution in [0.2, 0.25) is 0 Å². The second-order valence-corrected chi connectivity index (χ2v) is 6.13. The maximum atomic E-state index is 12.1. The first-order valence-electron chi connectivity index (χ1n) is 6.89. The third-order valence-corrected chi connectivity index (χ3v) is 4.05. The SMILES string of the molecule is CSCC[C@H](O)C(=O)N(C)Cc1nc2c(C)cccc2[nH]1. The summed E-state index contributed by atoms with van der Waals surface area (Å²) in [5.74, 6) is 1.23. The van der Waals surface area contributed by atoms with Crippen molar-refractivity contribution in [1.29, 1.82) is 0 Å². The van der Waals surface area contributed by atoms with Crippen molar-refractivity contribution < 1.29 is 9.90 Å². The lowest BCUT2D eigenvalue weighted by atomic mass is 10.2.